The molecule has 0 saturated heterocycles. The summed E-state index contributed by atoms with van der Waals surface area (Å²) in [6.45, 7) is 2.78. The van der Waals surface area contributed by atoms with Gasteiger partial charge >= 0.3 is 0 Å². The third-order valence-electron chi connectivity index (χ3n) is 5.80. The second kappa shape index (κ2) is 7.80. The van der Waals surface area contributed by atoms with E-state index in [1.807, 2.05) is 44.3 Å². The van der Waals surface area contributed by atoms with E-state index in [0.29, 0.717) is 5.56 Å². The Morgan fingerprint density at radius 1 is 1.11 bits per heavy atom. The molecule has 2 aliphatic rings. The maximum Gasteiger partial charge on any atom is 0.260 e. The number of amides is 1. The van der Waals surface area contributed by atoms with Crippen LogP contribution in [-0.4, -0.2) is 43.7 Å². The van der Waals surface area contributed by atoms with Crippen LogP contribution >= 0.6 is 0 Å². The molecule has 4 rings (SSSR count). The van der Waals surface area contributed by atoms with Crippen molar-refractivity contribution < 1.29 is 9.53 Å². The zero-order chi connectivity index (χ0) is 19.7. The number of pyridine rings is 1. The summed E-state index contributed by atoms with van der Waals surface area (Å²) in [5.74, 6) is 0.801. The lowest BCUT2D eigenvalue weighted by molar-refractivity contribution is 0.0280. The topological polar surface area (TPSA) is 57.7 Å². The number of aromatic nitrogens is 1. The van der Waals surface area contributed by atoms with Gasteiger partial charge in [-0.25, -0.2) is 4.98 Å². The van der Waals surface area contributed by atoms with E-state index in [0.717, 1.165) is 42.3 Å². The summed E-state index contributed by atoms with van der Waals surface area (Å²) in [5.41, 5.74) is 3.36. The van der Waals surface area contributed by atoms with Crippen LogP contribution < -0.4 is 15.1 Å². The Morgan fingerprint density at radius 3 is 2.71 bits per heavy atom. The summed E-state index contributed by atoms with van der Waals surface area (Å²) in [5, 5.41) is 3.59. The first kappa shape index (κ1) is 18.7. The molecule has 1 aliphatic carbocycles. The fourth-order valence-corrected chi connectivity index (χ4v) is 4.28. The Bertz CT molecular complexity index is 867. The predicted molar refractivity (Wildman–Crippen MR) is 113 cm³/mol. The molecule has 2 atom stereocenters. The van der Waals surface area contributed by atoms with Crippen molar-refractivity contribution in [3.05, 3.63) is 42.1 Å². The molecule has 0 spiro atoms. The Labute approximate surface area is 166 Å². The van der Waals surface area contributed by atoms with Crippen molar-refractivity contribution >= 4 is 28.8 Å². The van der Waals surface area contributed by atoms with Crippen LogP contribution in [0.2, 0.25) is 0 Å². The third-order valence-corrected chi connectivity index (χ3v) is 5.80. The number of rotatable bonds is 4. The first-order valence-electron chi connectivity index (χ1n) is 10.1. The molecule has 6 nitrogen and oxygen atoms in total. The summed E-state index contributed by atoms with van der Waals surface area (Å²) in [7, 11) is 3.80. The molecule has 1 aromatic heterocycles. The summed E-state index contributed by atoms with van der Waals surface area (Å²) in [6, 6.07) is 10.0. The lowest BCUT2D eigenvalue weighted by Gasteiger charge is -2.32. The van der Waals surface area contributed by atoms with E-state index in [-0.39, 0.29) is 18.1 Å². The summed E-state index contributed by atoms with van der Waals surface area (Å²) in [4.78, 5) is 21.3. The van der Waals surface area contributed by atoms with Crippen molar-refractivity contribution in [1.29, 1.82) is 0 Å². The lowest BCUT2D eigenvalue weighted by atomic mass is 9.92. The number of carbonyl (C=O) groups is 1. The number of fused-ring (bicyclic) bond motifs is 2. The molecule has 6 heteroatoms. The number of hydrogen-bond acceptors (Lipinski definition) is 5. The zero-order valence-corrected chi connectivity index (χ0v) is 16.8. The molecular weight excluding hydrogens is 352 g/mol. The number of para-hydroxylation sites is 1. The first-order chi connectivity index (χ1) is 13.6. The van der Waals surface area contributed by atoms with Gasteiger partial charge in [0.15, 0.2) is 0 Å². The van der Waals surface area contributed by atoms with E-state index in [2.05, 4.69) is 15.2 Å². The minimum absolute atomic E-state index is 0.0209. The normalized spacial score (nSPS) is 21.8. The number of hydrogen-bond donors (Lipinski definition) is 1. The highest BCUT2D eigenvalue weighted by Gasteiger charge is 2.29. The molecule has 0 unspecified atom stereocenters. The summed E-state index contributed by atoms with van der Waals surface area (Å²) < 4.78 is 5.95. The predicted octanol–water partition coefficient (Wildman–Crippen LogP) is 4.20. The fourth-order valence-electron chi connectivity index (χ4n) is 4.28. The van der Waals surface area contributed by atoms with Crippen LogP contribution in [0.4, 0.5) is 22.9 Å². The highest BCUT2D eigenvalue weighted by atomic mass is 16.5. The van der Waals surface area contributed by atoms with E-state index in [1.165, 1.54) is 12.8 Å². The average Bonchev–Trinajstić information content (AvgIpc) is 2.80. The number of anilines is 4. The Morgan fingerprint density at radius 2 is 1.89 bits per heavy atom. The summed E-state index contributed by atoms with van der Waals surface area (Å²) in [6.07, 6.45) is 6.60. The van der Waals surface area contributed by atoms with Gasteiger partial charge in [0.2, 0.25) is 0 Å². The average molecular weight is 380 g/mol. The Hall–Kier alpha value is -2.60. The van der Waals surface area contributed by atoms with Crippen LogP contribution in [0.5, 0.6) is 0 Å². The van der Waals surface area contributed by atoms with Crippen LogP contribution in [0.25, 0.3) is 0 Å². The maximum absolute atomic E-state index is 12.9. The van der Waals surface area contributed by atoms with Crippen LogP contribution in [0.1, 0.15) is 43.0 Å². The molecule has 1 aliphatic heterocycles. The van der Waals surface area contributed by atoms with Crippen molar-refractivity contribution in [1.82, 2.24) is 4.98 Å². The molecule has 148 valence electrons. The van der Waals surface area contributed by atoms with Crippen molar-refractivity contribution in [2.24, 2.45) is 0 Å². The second-order valence-electron chi connectivity index (χ2n) is 7.53. The first-order valence-corrected chi connectivity index (χ1v) is 10.1. The van der Waals surface area contributed by atoms with Gasteiger partial charge in [-0.15, -0.1) is 0 Å². The van der Waals surface area contributed by atoms with Gasteiger partial charge in [-0.1, -0.05) is 25.0 Å². The number of ether oxygens (including phenoxy) is 1. The standard InChI is InChI=1S/C22H28N4O2/c1-4-28-20-12-8-6-10-16(20)24-21-13-18-19(14-23-21)26(3)22(27)15-9-5-7-11-17(15)25(18)2/h5,7,9,11,13-14,16,20H,4,6,8,10,12H2,1-3H3,(H,23,24)/t16-,20-/m1/s1. The number of nitrogens with one attached hydrogen (secondary N) is 1. The lowest BCUT2D eigenvalue weighted by Crippen LogP contribution is -2.38. The number of nitrogens with zero attached hydrogens (tertiary/aromatic N) is 3. The van der Waals surface area contributed by atoms with E-state index < -0.39 is 0 Å². The SMILES string of the molecule is CCO[C@@H]1CCCC[C@H]1Nc1cc2c(cn1)N(C)C(=O)c1ccccc1N2C. The van der Waals surface area contributed by atoms with Crippen LogP contribution in [-0.2, 0) is 4.74 Å². The highest BCUT2D eigenvalue weighted by molar-refractivity contribution is 6.13. The van der Waals surface area contributed by atoms with Crippen LogP contribution in [0.15, 0.2) is 36.5 Å². The number of benzene rings is 1. The van der Waals surface area contributed by atoms with Gasteiger partial charge < -0.3 is 19.9 Å². The molecule has 28 heavy (non-hydrogen) atoms. The third kappa shape index (κ3) is 3.33. The van der Waals surface area contributed by atoms with Crippen molar-refractivity contribution in [2.75, 3.05) is 35.8 Å². The van der Waals surface area contributed by atoms with Gasteiger partial charge in [0.25, 0.3) is 5.91 Å². The van der Waals surface area contributed by atoms with Gasteiger partial charge in [-0.3, -0.25) is 4.79 Å². The summed E-state index contributed by atoms with van der Waals surface area (Å²) >= 11 is 0. The molecule has 1 N–H and O–H groups in total. The van der Waals surface area contributed by atoms with Gasteiger partial charge in [0.1, 0.15) is 5.82 Å². The van der Waals surface area contributed by atoms with Crippen LogP contribution in [0.3, 0.4) is 0 Å². The minimum atomic E-state index is -0.0209. The molecule has 1 aromatic carbocycles. The highest BCUT2D eigenvalue weighted by Crippen LogP contribution is 2.40. The van der Waals surface area contributed by atoms with Gasteiger partial charge in [0.05, 0.1) is 41.0 Å². The van der Waals surface area contributed by atoms with Crippen molar-refractivity contribution in [3.63, 3.8) is 0 Å². The van der Waals surface area contributed by atoms with Gasteiger partial charge in [0, 0.05) is 26.8 Å². The smallest absolute Gasteiger partial charge is 0.260 e. The monoisotopic (exact) mass is 380 g/mol. The van der Waals surface area contributed by atoms with Crippen molar-refractivity contribution in [3.8, 4) is 0 Å². The Balaban J connectivity index is 1.67. The second-order valence-corrected chi connectivity index (χ2v) is 7.53. The molecule has 0 radical (unpaired) electrons. The molecule has 1 fully saturated rings. The van der Waals surface area contributed by atoms with Gasteiger partial charge in [-0.2, -0.15) is 0 Å². The quantitative estimate of drug-likeness (QED) is 0.861. The van der Waals surface area contributed by atoms with Crippen molar-refractivity contribution in [2.45, 2.75) is 44.8 Å². The maximum atomic E-state index is 12.9. The molecular formula is C22H28N4O2. The van der Waals surface area contributed by atoms with E-state index in [9.17, 15) is 4.79 Å². The largest absolute Gasteiger partial charge is 0.376 e. The van der Waals surface area contributed by atoms with Crippen LogP contribution in [0, 0.1) is 0 Å². The molecule has 1 saturated carbocycles. The fraction of sp³-hybridized carbons (Fsp3) is 0.455. The molecule has 2 aromatic rings. The molecule has 0 bridgehead atoms. The van der Waals surface area contributed by atoms with E-state index in [4.69, 9.17) is 4.74 Å². The molecule has 1 amide bonds. The van der Waals surface area contributed by atoms with Gasteiger partial charge in [-0.05, 0) is 31.9 Å². The van der Waals surface area contributed by atoms with E-state index in [1.54, 1.807) is 18.1 Å². The number of carbonyl (C=O) groups excluding carboxylic acids is 1. The Kier molecular flexibility index (Phi) is 5.22. The molecule has 2 heterocycles. The minimum Gasteiger partial charge on any atom is -0.376 e. The van der Waals surface area contributed by atoms with E-state index >= 15 is 0 Å². The zero-order valence-electron chi connectivity index (χ0n) is 16.8.